The van der Waals surface area contributed by atoms with Crippen molar-refractivity contribution in [2.75, 3.05) is 25.6 Å². The third kappa shape index (κ3) is 2.71. The molecule has 4 rings (SSSR count). The summed E-state index contributed by atoms with van der Waals surface area (Å²) in [6.45, 7) is 1.06. The van der Waals surface area contributed by atoms with Gasteiger partial charge in [0.1, 0.15) is 5.82 Å². The molecule has 0 fully saturated rings. The molecule has 0 saturated carbocycles. The molecule has 0 aliphatic carbocycles. The number of nitrogens with one attached hydrogen (secondary N) is 1. The topological polar surface area (TPSA) is 98.5 Å². The van der Waals surface area contributed by atoms with Crippen molar-refractivity contribution in [3.8, 4) is 0 Å². The molecule has 0 saturated heterocycles. The minimum atomic E-state index is -3.82. The molecule has 134 valence electrons. The summed E-state index contributed by atoms with van der Waals surface area (Å²) in [5.41, 5.74) is 0.946. The Bertz CT molecular complexity index is 1170. The summed E-state index contributed by atoms with van der Waals surface area (Å²) in [7, 11) is -2.21. The predicted octanol–water partition coefficient (Wildman–Crippen LogP) is 2.23. The van der Waals surface area contributed by atoms with Gasteiger partial charge in [0.05, 0.1) is 21.7 Å². The Morgan fingerprint density at radius 2 is 2.04 bits per heavy atom. The highest BCUT2D eigenvalue weighted by molar-refractivity contribution is 7.91. The minimum Gasteiger partial charge on any atom is -0.383 e. The number of anilines is 1. The summed E-state index contributed by atoms with van der Waals surface area (Å²) in [6, 6.07) is 10.0. The molecule has 0 radical (unpaired) electrons. The van der Waals surface area contributed by atoms with Gasteiger partial charge in [0.2, 0.25) is 14.9 Å². The van der Waals surface area contributed by atoms with E-state index in [4.69, 9.17) is 4.74 Å². The van der Waals surface area contributed by atoms with Crippen LogP contribution in [0.5, 0.6) is 0 Å². The maximum atomic E-state index is 13.0. The van der Waals surface area contributed by atoms with Crippen LogP contribution in [-0.2, 0) is 14.6 Å². The van der Waals surface area contributed by atoms with Crippen LogP contribution in [0, 0.1) is 0 Å². The van der Waals surface area contributed by atoms with Crippen LogP contribution in [0.25, 0.3) is 15.9 Å². The van der Waals surface area contributed by atoms with E-state index in [2.05, 4.69) is 20.6 Å². The first kappa shape index (κ1) is 16.9. The van der Waals surface area contributed by atoms with Crippen molar-refractivity contribution < 1.29 is 13.2 Å². The first-order valence-corrected chi connectivity index (χ1v) is 10.1. The van der Waals surface area contributed by atoms with Crippen LogP contribution in [0.15, 0.2) is 51.7 Å². The van der Waals surface area contributed by atoms with Gasteiger partial charge in [-0.2, -0.15) is 4.52 Å². The summed E-state index contributed by atoms with van der Waals surface area (Å²) >= 11 is 1.50. The van der Waals surface area contributed by atoms with Crippen molar-refractivity contribution in [3.63, 3.8) is 0 Å². The molecule has 0 spiro atoms. The largest absolute Gasteiger partial charge is 0.383 e. The number of ether oxygens (including phenoxy) is 1. The van der Waals surface area contributed by atoms with Gasteiger partial charge < -0.3 is 10.1 Å². The highest BCUT2D eigenvalue weighted by Crippen LogP contribution is 2.30. The van der Waals surface area contributed by atoms with Gasteiger partial charge in [-0.25, -0.2) is 13.4 Å². The zero-order valence-electron chi connectivity index (χ0n) is 13.8. The van der Waals surface area contributed by atoms with Crippen LogP contribution >= 0.6 is 11.3 Å². The maximum absolute atomic E-state index is 13.0. The molecule has 3 heterocycles. The smallest absolute Gasteiger partial charge is 0.229 e. The number of methoxy groups -OCH3 is 1. The van der Waals surface area contributed by atoms with Crippen LogP contribution in [-0.4, -0.2) is 48.5 Å². The van der Waals surface area contributed by atoms with Crippen molar-refractivity contribution in [2.24, 2.45) is 0 Å². The molecule has 26 heavy (non-hydrogen) atoms. The van der Waals surface area contributed by atoms with Gasteiger partial charge in [0.15, 0.2) is 5.65 Å². The molecule has 0 bridgehead atoms. The average molecular weight is 389 g/mol. The van der Waals surface area contributed by atoms with Gasteiger partial charge in [-0.05, 0) is 23.6 Å². The molecule has 4 aromatic rings. The number of fused-ring (bicyclic) bond motifs is 3. The molecule has 1 aromatic carbocycles. The Morgan fingerprint density at radius 1 is 1.23 bits per heavy atom. The first-order chi connectivity index (χ1) is 12.6. The Balaban J connectivity index is 1.91. The molecule has 10 heteroatoms. The van der Waals surface area contributed by atoms with Gasteiger partial charge >= 0.3 is 0 Å². The van der Waals surface area contributed by atoms with E-state index in [-0.39, 0.29) is 15.6 Å². The summed E-state index contributed by atoms with van der Waals surface area (Å²) < 4.78 is 33.3. The lowest BCUT2D eigenvalue weighted by atomic mass is 10.4. The van der Waals surface area contributed by atoms with Crippen LogP contribution < -0.4 is 5.32 Å². The van der Waals surface area contributed by atoms with E-state index >= 15 is 0 Å². The molecule has 0 aliphatic heterocycles. The number of nitrogens with zero attached hydrogens (tertiary/aromatic N) is 4. The molecule has 0 aliphatic rings. The maximum Gasteiger partial charge on any atom is 0.229 e. The van der Waals surface area contributed by atoms with Crippen molar-refractivity contribution in [1.29, 1.82) is 0 Å². The summed E-state index contributed by atoms with van der Waals surface area (Å²) in [4.78, 5) is 4.66. The predicted molar refractivity (Wildman–Crippen MR) is 98.4 cm³/mol. The fourth-order valence-electron chi connectivity index (χ4n) is 2.60. The zero-order chi connectivity index (χ0) is 18.1. The van der Waals surface area contributed by atoms with Gasteiger partial charge in [-0.3, -0.25) is 0 Å². The standard InChI is InChI=1S/C16H15N5O3S2/c1-24-9-8-17-14-13-12(7-10-25-13)21-15(18-14)16(19-20-21)26(22,23)11-5-3-2-4-6-11/h2-7,10H,8-9H2,1H3,(H,17,18). The van der Waals surface area contributed by atoms with Gasteiger partial charge in [-0.1, -0.05) is 23.4 Å². The molecule has 3 aromatic heterocycles. The van der Waals surface area contributed by atoms with E-state index in [0.29, 0.717) is 19.0 Å². The molecule has 8 nitrogen and oxygen atoms in total. The van der Waals surface area contributed by atoms with E-state index in [0.717, 1.165) is 10.2 Å². The normalized spacial score (nSPS) is 12.0. The van der Waals surface area contributed by atoms with Crippen molar-refractivity contribution >= 4 is 42.9 Å². The Morgan fingerprint density at radius 3 is 2.81 bits per heavy atom. The van der Waals surface area contributed by atoms with E-state index in [9.17, 15) is 8.42 Å². The van der Waals surface area contributed by atoms with Crippen LogP contribution in [0.2, 0.25) is 0 Å². The van der Waals surface area contributed by atoms with Crippen LogP contribution in [0.4, 0.5) is 5.82 Å². The second-order valence-electron chi connectivity index (χ2n) is 5.46. The molecular weight excluding hydrogens is 374 g/mol. The fraction of sp³-hybridized carbons (Fsp3) is 0.188. The zero-order valence-corrected chi connectivity index (χ0v) is 15.4. The number of sulfone groups is 1. The number of benzene rings is 1. The fourth-order valence-corrected chi connectivity index (χ4v) is 4.69. The van der Waals surface area contributed by atoms with Crippen molar-refractivity contribution in [1.82, 2.24) is 19.8 Å². The SMILES string of the molecule is COCCNc1nc2c(S(=O)(=O)c3ccccc3)nnn2c2ccsc12. The molecule has 0 unspecified atom stereocenters. The number of hydrogen-bond acceptors (Lipinski definition) is 8. The lowest BCUT2D eigenvalue weighted by Crippen LogP contribution is -2.10. The third-order valence-corrected chi connectivity index (χ3v) is 6.41. The first-order valence-electron chi connectivity index (χ1n) is 7.78. The van der Waals surface area contributed by atoms with Crippen molar-refractivity contribution in [2.45, 2.75) is 9.92 Å². The lowest BCUT2D eigenvalue weighted by Gasteiger charge is -2.07. The minimum absolute atomic E-state index is 0.156. The van der Waals surface area contributed by atoms with Crippen molar-refractivity contribution in [3.05, 3.63) is 41.8 Å². The van der Waals surface area contributed by atoms with E-state index in [1.807, 2.05) is 11.4 Å². The van der Waals surface area contributed by atoms with E-state index < -0.39 is 9.84 Å². The second kappa shape index (κ2) is 6.63. The van der Waals surface area contributed by atoms with E-state index in [1.54, 1.807) is 25.3 Å². The number of aromatic nitrogens is 4. The Labute approximate surface area is 153 Å². The number of rotatable bonds is 6. The summed E-state index contributed by atoms with van der Waals surface area (Å²) in [6.07, 6.45) is 0. The Hall–Kier alpha value is -2.56. The van der Waals surface area contributed by atoms with Gasteiger partial charge in [-0.15, -0.1) is 16.4 Å². The quantitative estimate of drug-likeness (QED) is 0.505. The average Bonchev–Trinajstić information content (AvgIpc) is 3.29. The van der Waals surface area contributed by atoms with Crippen LogP contribution in [0.1, 0.15) is 0 Å². The monoisotopic (exact) mass is 389 g/mol. The second-order valence-corrected chi connectivity index (χ2v) is 8.24. The van der Waals surface area contributed by atoms with Crippen LogP contribution in [0.3, 0.4) is 0 Å². The highest BCUT2D eigenvalue weighted by Gasteiger charge is 2.27. The van der Waals surface area contributed by atoms with Gasteiger partial charge in [0, 0.05) is 13.7 Å². The van der Waals surface area contributed by atoms with E-state index in [1.165, 1.54) is 28.0 Å². The summed E-state index contributed by atoms with van der Waals surface area (Å²) in [5, 5.41) is 12.9. The molecule has 0 amide bonds. The third-order valence-electron chi connectivity index (χ3n) is 3.83. The lowest BCUT2D eigenvalue weighted by molar-refractivity contribution is 0.210. The molecule has 1 N–H and O–H groups in total. The number of hydrogen-bond donors (Lipinski definition) is 1. The Kier molecular flexibility index (Phi) is 4.31. The molecular formula is C16H15N5O3S2. The molecule has 0 atom stereocenters. The highest BCUT2D eigenvalue weighted by atomic mass is 32.2. The van der Waals surface area contributed by atoms with Gasteiger partial charge in [0.25, 0.3) is 0 Å². The number of thiophene rings is 1. The summed E-state index contributed by atoms with van der Waals surface area (Å²) in [5.74, 6) is 0.589.